The summed E-state index contributed by atoms with van der Waals surface area (Å²) in [7, 11) is 1.59. The second kappa shape index (κ2) is 5.04. The van der Waals surface area contributed by atoms with Gasteiger partial charge in [0.25, 0.3) is 5.56 Å². The Morgan fingerprint density at radius 2 is 2.06 bits per heavy atom. The van der Waals surface area contributed by atoms with Crippen molar-refractivity contribution in [3.8, 4) is 11.6 Å². The number of rotatable bonds is 3. The van der Waals surface area contributed by atoms with E-state index in [0.717, 1.165) is 5.56 Å². The predicted molar refractivity (Wildman–Crippen MR) is 70.5 cm³/mol. The Morgan fingerprint density at radius 1 is 1.28 bits per heavy atom. The third kappa shape index (κ3) is 2.27. The van der Waals surface area contributed by atoms with E-state index in [9.17, 15) is 4.79 Å². The van der Waals surface area contributed by atoms with Crippen LogP contribution in [0.15, 0.2) is 41.5 Å². The maximum absolute atomic E-state index is 12.3. The number of pyridine rings is 2. The molecule has 4 nitrogen and oxygen atoms in total. The summed E-state index contributed by atoms with van der Waals surface area (Å²) in [6, 6.07) is 7.27. The van der Waals surface area contributed by atoms with Crippen LogP contribution in [0.3, 0.4) is 0 Å². The van der Waals surface area contributed by atoms with Crippen LogP contribution < -0.4 is 10.3 Å². The van der Waals surface area contributed by atoms with Gasteiger partial charge in [-0.15, -0.1) is 0 Å². The van der Waals surface area contributed by atoms with E-state index in [1.54, 1.807) is 36.2 Å². The number of hydrogen-bond acceptors (Lipinski definition) is 3. The maximum Gasteiger partial charge on any atom is 0.259 e. The van der Waals surface area contributed by atoms with Crippen molar-refractivity contribution in [1.29, 1.82) is 0 Å². The van der Waals surface area contributed by atoms with E-state index in [2.05, 4.69) is 4.98 Å². The van der Waals surface area contributed by atoms with Gasteiger partial charge < -0.3 is 4.74 Å². The second-order valence-electron chi connectivity index (χ2n) is 4.35. The molecule has 0 saturated heterocycles. The van der Waals surface area contributed by atoms with Crippen molar-refractivity contribution < 1.29 is 4.74 Å². The highest BCUT2D eigenvalue weighted by atomic mass is 16.5. The number of ether oxygens (including phenoxy) is 1. The molecule has 0 aliphatic carbocycles. The van der Waals surface area contributed by atoms with Crippen LogP contribution in [0.4, 0.5) is 0 Å². The molecule has 0 atom stereocenters. The fourth-order valence-electron chi connectivity index (χ4n) is 1.77. The summed E-state index contributed by atoms with van der Waals surface area (Å²) in [4.78, 5) is 16.5. The zero-order valence-corrected chi connectivity index (χ0v) is 10.8. The lowest BCUT2D eigenvalue weighted by molar-refractivity contribution is 0.412. The molecule has 2 rings (SSSR count). The fraction of sp³-hybridized carbons (Fsp3) is 0.286. The quantitative estimate of drug-likeness (QED) is 0.832. The molecule has 18 heavy (non-hydrogen) atoms. The lowest BCUT2D eigenvalue weighted by Crippen LogP contribution is -2.22. The summed E-state index contributed by atoms with van der Waals surface area (Å²) >= 11 is 0. The molecule has 0 aliphatic rings. The zero-order valence-electron chi connectivity index (χ0n) is 10.8. The minimum absolute atomic E-state index is 0.0230. The van der Waals surface area contributed by atoms with E-state index in [4.69, 9.17) is 4.74 Å². The summed E-state index contributed by atoms with van der Waals surface area (Å²) in [5, 5.41) is 0. The van der Waals surface area contributed by atoms with Gasteiger partial charge in [0.2, 0.25) is 0 Å². The molecule has 0 bridgehead atoms. The highest BCUT2D eigenvalue weighted by Crippen LogP contribution is 2.12. The van der Waals surface area contributed by atoms with Gasteiger partial charge in [0.05, 0.1) is 13.3 Å². The van der Waals surface area contributed by atoms with Gasteiger partial charge in [0.15, 0.2) is 0 Å². The standard InChI is InChI=1S/C14H16N2O2/c1-10(2)12-5-4-8-16(14(12)17)13-7-6-11(18-3)9-15-13/h4-10H,1-3H3. The van der Waals surface area contributed by atoms with Crippen LogP contribution >= 0.6 is 0 Å². The highest BCUT2D eigenvalue weighted by molar-refractivity contribution is 5.30. The van der Waals surface area contributed by atoms with Crippen LogP contribution in [-0.2, 0) is 0 Å². The molecule has 4 heteroatoms. The van der Waals surface area contributed by atoms with E-state index in [1.807, 2.05) is 26.0 Å². The topological polar surface area (TPSA) is 44.1 Å². The molecule has 2 aromatic rings. The molecule has 94 valence electrons. The van der Waals surface area contributed by atoms with Crippen LogP contribution in [0.1, 0.15) is 25.3 Å². The van der Waals surface area contributed by atoms with Crippen molar-refractivity contribution in [3.63, 3.8) is 0 Å². The maximum atomic E-state index is 12.3. The lowest BCUT2D eigenvalue weighted by Gasteiger charge is -2.09. The molecule has 0 unspecified atom stereocenters. The van der Waals surface area contributed by atoms with E-state index in [-0.39, 0.29) is 11.5 Å². The molecule has 2 heterocycles. The van der Waals surface area contributed by atoms with Crippen molar-refractivity contribution in [3.05, 3.63) is 52.6 Å². The Morgan fingerprint density at radius 3 is 2.61 bits per heavy atom. The third-order valence-corrected chi connectivity index (χ3v) is 2.80. The van der Waals surface area contributed by atoms with Gasteiger partial charge in [0, 0.05) is 11.8 Å². The number of hydrogen-bond donors (Lipinski definition) is 0. The van der Waals surface area contributed by atoms with Crippen molar-refractivity contribution >= 4 is 0 Å². The summed E-state index contributed by atoms with van der Waals surface area (Å²) in [6.07, 6.45) is 3.33. The minimum atomic E-state index is -0.0230. The SMILES string of the molecule is COc1ccc(-n2cccc(C(C)C)c2=O)nc1. The Balaban J connectivity index is 2.50. The van der Waals surface area contributed by atoms with Gasteiger partial charge in [-0.1, -0.05) is 19.9 Å². The number of aromatic nitrogens is 2. The molecule has 0 amide bonds. The van der Waals surface area contributed by atoms with Gasteiger partial charge in [-0.3, -0.25) is 9.36 Å². The molecule has 0 spiro atoms. The van der Waals surface area contributed by atoms with Crippen LogP contribution in [0.5, 0.6) is 5.75 Å². The fourth-order valence-corrected chi connectivity index (χ4v) is 1.77. The van der Waals surface area contributed by atoms with Crippen molar-refractivity contribution in [2.75, 3.05) is 7.11 Å². The molecular weight excluding hydrogens is 228 g/mol. The van der Waals surface area contributed by atoms with E-state index < -0.39 is 0 Å². The van der Waals surface area contributed by atoms with Gasteiger partial charge >= 0.3 is 0 Å². The molecule has 0 aliphatic heterocycles. The van der Waals surface area contributed by atoms with Crippen molar-refractivity contribution in [1.82, 2.24) is 9.55 Å². The zero-order chi connectivity index (χ0) is 13.1. The molecule has 0 fully saturated rings. The Bertz CT molecular complexity index is 585. The molecule has 0 aromatic carbocycles. The normalized spacial score (nSPS) is 10.7. The van der Waals surface area contributed by atoms with Crippen molar-refractivity contribution in [2.45, 2.75) is 19.8 Å². The summed E-state index contributed by atoms with van der Waals surface area (Å²) < 4.78 is 6.60. The molecule has 0 radical (unpaired) electrons. The molecule has 0 saturated carbocycles. The largest absolute Gasteiger partial charge is 0.495 e. The average Bonchev–Trinajstić information content (AvgIpc) is 2.39. The van der Waals surface area contributed by atoms with Crippen LogP contribution in [0, 0.1) is 0 Å². The minimum Gasteiger partial charge on any atom is -0.495 e. The number of nitrogens with zero attached hydrogens (tertiary/aromatic N) is 2. The van der Waals surface area contributed by atoms with Crippen LogP contribution in [0.2, 0.25) is 0 Å². The van der Waals surface area contributed by atoms with Gasteiger partial charge in [-0.25, -0.2) is 4.98 Å². The smallest absolute Gasteiger partial charge is 0.259 e. The molecule has 2 aromatic heterocycles. The highest BCUT2D eigenvalue weighted by Gasteiger charge is 2.08. The van der Waals surface area contributed by atoms with Gasteiger partial charge in [-0.05, 0) is 24.1 Å². The first-order chi connectivity index (χ1) is 8.63. The lowest BCUT2D eigenvalue weighted by atomic mass is 10.1. The monoisotopic (exact) mass is 244 g/mol. The predicted octanol–water partition coefficient (Wildman–Crippen LogP) is 2.36. The Labute approximate surface area is 106 Å². The first-order valence-corrected chi connectivity index (χ1v) is 5.85. The summed E-state index contributed by atoms with van der Waals surface area (Å²) in [6.45, 7) is 4.01. The first kappa shape index (κ1) is 12.4. The average molecular weight is 244 g/mol. The Hall–Kier alpha value is -2.10. The van der Waals surface area contributed by atoms with Crippen LogP contribution in [0.25, 0.3) is 5.82 Å². The van der Waals surface area contributed by atoms with Crippen molar-refractivity contribution in [2.24, 2.45) is 0 Å². The van der Waals surface area contributed by atoms with Gasteiger partial charge in [-0.2, -0.15) is 0 Å². The van der Waals surface area contributed by atoms with Gasteiger partial charge in [0.1, 0.15) is 11.6 Å². The van der Waals surface area contributed by atoms with E-state index in [1.165, 1.54) is 0 Å². The summed E-state index contributed by atoms with van der Waals surface area (Å²) in [5.41, 5.74) is 0.764. The van der Waals surface area contributed by atoms with Crippen LogP contribution in [-0.4, -0.2) is 16.7 Å². The van der Waals surface area contributed by atoms with E-state index in [0.29, 0.717) is 11.6 Å². The summed E-state index contributed by atoms with van der Waals surface area (Å²) in [5.74, 6) is 1.47. The van der Waals surface area contributed by atoms with E-state index >= 15 is 0 Å². The third-order valence-electron chi connectivity index (χ3n) is 2.80. The molecule has 0 N–H and O–H groups in total. The second-order valence-corrected chi connectivity index (χ2v) is 4.35. The molecular formula is C14H16N2O2. The first-order valence-electron chi connectivity index (χ1n) is 5.85. The Kier molecular flexibility index (Phi) is 3.46. The number of methoxy groups -OCH3 is 1.